The average molecular weight is 397 g/mol. The molecule has 1 aliphatic heterocycles. The zero-order valence-corrected chi connectivity index (χ0v) is 17.1. The van der Waals surface area contributed by atoms with Crippen LogP contribution >= 0.6 is 0 Å². The van der Waals surface area contributed by atoms with Crippen LogP contribution in [0.2, 0.25) is 0 Å². The van der Waals surface area contributed by atoms with Gasteiger partial charge in [-0.3, -0.25) is 14.5 Å². The molecule has 1 aliphatic rings. The molecule has 0 N–H and O–H groups in total. The number of carbonyl (C=O) groups excluding carboxylic acids is 2. The molecule has 0 radical (unpaired) electrons. The Morgan fingerprint density at radius 3 is 2.28 bits per heavy atom. The van der Waals surface area contributed by atoms with Gasteiger partial charge in [-0.15, -0.1) is 0 Å². The van der Waals surface area contributed by atoms with Gasteiger partial charge < -0.3 is 9.80 Å². The normalized spacial score (nSPS) is 15.8. The molecule has 0 aliphatic carbocycles. The van der Waals surface area contributed by atoms with E-state index in [0.717, 1.165) is 5.56 Å². The van der Waals surface area contributed by atoms with Gasteiger partial charge in [-0.25, -0.2) is 4.39 Å². The number of rotatable bonds is 7. The van der Waals surface area contributed by atoms with E-state index >= 15 is 0 Å². The van der Waals surface area contributed by atoms with Crippen LogP contribution in [0.3, 0.4) is 0 Å². The Morgan fingerprint density at radius 2 is 1.72 bits per heavy atom. The Balaban J connectivity index is 1.78. The van der Waals surface area contributed by atoms with Crippen LogP contribution in [-0.4, -0.2) is 61.3 Å². The van der Waals surface area contributed by atoms with Crippen molar-refractivity contribution in [2.24, 2.45) is 0 Å². The Hall–Kier alpha value is -2.73. The lowest BCUT2D eigenvalue weighted by atomic mass is 10.0. The topological polar surface area (TPSA) is 43.9 Å². The smallest absolute Gasteiger partial charge is 0.244 e. The van der Waals surface area contributed by atoms with Gasteiger partial charge in [-0.1, -0.05) is 30.3 Å². The van der Waals surface area contributed by atoms with Gasteiger partial charge in [-0.05, 0) is 37.6 Å². The van der Waals surface area contributed by atoms with Gasteiger partial charge >= 0.3 is 0 Å². The number of nitrogens with zero attached hydrogens (tertiary/aromatic N) is 3. The van der Waals surface area contributed by atoms with Crippen LogP contribution in [0.15, 0.2) is 48.5 Å². The van der Waals surface area contributed by atoms with E-state index in [1.165, 1.54) is 6.07 Å². The third-order valence-corrected chi connectivity index (χ3v) is 5.55. The zero-order valence-electron chi connectivity index (χ0n) is 17.1. The summed E-state index contributed by atoms with van der Waals surface area (Å²) in [5, 5.41) is 0. The molecular formula is C23H28FN3O2. The lowest BCUT2D eigenvalue weighted by molar-refractivity contribution is -0.137. The summed E-state index contributed by atoms with van der Waals surface area (Å²) < 4.78 is 14.4. The number of halogens is 1. The van der Waals surface area contributed by atoms with Crippen molar-refractivity contribution in [3.8, 4) is 0 Å². The molecule has 2 aromatic carbocycles. The standard InChI is InChI=1S/C23H28FN3O2/c1-3-25(4-2)23(29)22(19-8-6-5-7-9-19)27-14-12-26(13-15-27)21-11-10-18(17-28)16-20(21)24/h5-11,16-17,22H,3-4,12-15H2,1-2H3. The monoisotopic (exact) mass is 397 g/mol. The first-order valence-corrected chi connectivity index (χ1v) is 10.2. The summed E-state index contributed by atoms with van der Waals surface area (Å²) in [7, 11) is 0. The predicted molar refractivity (Wildman–Crippen MR) is 113 cm³/mol. The molecule has 3 rings (SSSR count). The van der Waals surface area contributed by atoms with Crippen LogP contribution in [0.4, 0.5) is 10.1 Å². The van der Waals surface area contributed by atoms with Crippen molar-refractivity contribution in [1.29, 1.82) is 0 Å². The number of likely N-dealkylation sites (N-methyl/N-ethyl adjacent to an activating group) is 1. The molecule has 0 saturated carbocycles. The van der Waals surface area contributed by atoms with Crippen LogP contribution in [0.5, 0.6) is 0 Å². The second-order valence-corrected chi connectivity index (χ2v) is 7.18. The van der Waals surface area contributed by atoms with E-state index in [-0.39, 0.29) is 17.8 Å². The van der Waals surface area contributed by atoms with Crippen molar-refractivity contribution in [2.45, 2.75) is 19.9 Å². The Bertz CT molecular complexity index is 831. The van der Waals surface area contributed by atoms with Crippen molar-refractivity contribution in [3.63, 3.8) is 0 Å². The predicted octanol–water partition coefficient (Wildman–Crippen LogP) is 3.37. The van der Waals surface area contributed by atoms with Crippen molar-refractivity contribution in [3.05, 3.63) is 65.5 Å². The van der Waals surface area contributed by atoms with E-state index < -0.39 is 0 Å². The highest BCUT2D eigenvalue weighted by atomic mass is 19.1. The van der Waals surface area contributed by atoms with Gasteiger partial charge in [0.05, 0.1) is 5.69 Å². The van der Waals surface area contributed by atoms with E-state index in [2.05, 4.69) is 4.90 Å². The molecule has 1 amide bonds. The summed E-state index contributed by atoms with van der Waals surface area (Å²) in [5.74, 6) is -0.280. The van der Waals surface area contributed by atoms with Gasteiger partial charge in [0.2, 0.25) is 5.91 Å². The summed E-state index contributed by atoms with van der Waals surface area (Å²) in [5.41, 5.74) is 1.82. The molecule has 1 saturated heterocycles. The van der Waals surface area contributed by atoms with Crippen molar-refractivity contribution >= 4 is 17.9 Å². The van der Waals surface area contributed by atoms with E-state index in [9.17, 15) is 14.0 Å². The molecule has 0 spiro atoms. The lowest BCUT2D eigenvalue weighted by Gasteiger charge is -2.41. The SMILES string of the molecule is CCN(CC)C(=O)C(c1ccccc1)N1CCN(c2ccc(C=O)cc2F)CC1. The summed E-state index contributed by atoms with van der Waals surface area (Å²) in [4.78, 5) is 30.1. The van der Waals surface area contributed by atoms with Crippen LogP contribution in [-0.2, 0) is 4.79 Å². The third kappa shape index (κ3) is 4.65. The number of carbonyl (C=O) groups is 2. The van der Waals surface area contributed by atoms with Gasteiger partial charge in [0.25, 0.3) is 0 Å². The van der Waals surface area contributed by atoms with Crippen LogP contribution in [0.25, 0.3) is 0 Å². The second-order valence-electron chi connectivity index (χ2n) is 7.18. The molecular weight excluding hydrogens is 369 g/mol. The van der Waals surface area contributed by atoms with E-state index in [0.29, 0.717) is 56.8 Å². The van der Waals surface area contributed by atoms with Crippen molar-refractivity contribution < 1.29 is 14.0 Å². The second kappa shape index (κ2) is 9.65. The minimum absolute atomic E-state index is 0.108. The Labute approximate surface area is 171 Å². The van der Waals surface area contributed by atoms with E-state index in [1.807, 2.05) is 54.0 Å². The highest BCUT2D eigenvalue weighted by Gasteiger charge is 2.33. The molecule has 1 atom stereocenters. The fourth-order valence-corrected chi connectivity index (χ4v) is 3.93. The number of benzene rings is 2. The number of amides is 1. The molecule has 1 fully saturated rings. The van der Waals surface area contributed by atoms with Crippen LogP contribution in [0, 0.1) is 5.82 Å². The molecule has 154 valence electrons. The molecule has 2 aromatic rings. The summed E-state index contributed by atoms with van der Waals surface area (Å²) in [6.45, 7) is 7.88. The van der Waals surface area contributed by atoms with Gasteiger partial charge in [0.1, 0.15) is 18.1 Å². The largest absolute Gasteiger partial charge is 0.367 e. The van der Waals surface area contributed by atoms with Crippen molar-refractivity contribution in [2.75, 3.05) is 44.2 Å². The number of piperazine rings is 1. The first kappa shape index (κ1) is 21.0. The van der Waals surface area contributed by atoms with Crippen molar-refractivity contribution in [1.82, 2.24) is 9.80 Å². The number of hydrogen-bond donors (Lipinski definition) is 0. The molecule has 29 heavy (non-hydrogen) atoms. The maximum atomic E-state index is 14.4. The molecule has 0 bridgehead atoms. The first-order valence-electron chi connectivity index (χ1n) is 10.2. The van der Waals surface area contributed by atoms with Crippen LogP contribution in [0.1, 0.15) is 35.8 Å². The molecule has 5 nitrogen and oxygen atoms in total. The lowest BCUT2D eigenvalue weighted by Crippen LogP contribution is -2.51. The molecule has 6 heteroatoms. The summed E-state index contributed by atoms with van der Waals surface area (Å²) in [6, 6.07) is 14.1. The highest BCUT2D eigenvalue weighted by Crippen LogP contribution is 2.27. The van der Waals surface area contributed by atoms with E-state index in [1.54, 1.807) is 12.1 Å². The fraction of sp³-hybridized carbons (Fsp3) is 0.391. The third-order valence-electron chi connectivity index (χ3n) is 5.55. The van der Waals surface area contributed by atoms with Gasteiger partial charge in [0, 0.05) is 44.8 Å². The fourth-order valence-electron chi connectivity index (χ4n) is 3.93. The molecule has 0 aromatic heterocycles. The molecule has 1 unspecified atom stereocenters. The highest BCUT2D eigenvalue weighted by molar-refractivity contribution is 5.83. The minimum atomic E-state index is -0.387. The number of anilines is 1. The molecule has 1 heterocycles. The first-order chi connectivity index (χ1) is 14.1. The average Bonchev–Trinajstić information content (AvgIpc) is 2.76. The maximum Gasteiger partial charge on any atom is 0.244 e. The quantitative estimate of drug-likeness (QED) is 0.672. The van der Waals surface area contributed by atoms with Gasteiger partial charge in [-0.2, -0.15) is 0 Å². The van der Waals surface area contributed by atoms with E-state index in [4.69, 9.17) is 0 Å². The number of hydrogen-bond acceptors (Lipinski definition) is 4. The summed E-state index contributed by atoms with van der Waals surface area (Å²) >= 11 is 0. The van der Waals surface area contributed by atoms with Crippen LogP contribution < -0.4 is 4.90 Å². The maximum absolute atomic E-state index is 14.4. The van der Waals surface area contributed by atoms with Gasteiger partial charge in [0.15, 0.2) is 0 Å². The summed E-state index contributed by atoms with van der Waals surface area (Å²) in [6.07, 6.45) is 0.647. The Kier molecular flexibility index (Phi) is 6.99. The Morgan fingerprint density at radius 1 is 1.07 bits per heavy atom. The minimum Gasteiger partial charge on any atom is -0.367 e. The number of aldehydes is 1. The zero-order chi connectivity index (χ0) is 20.8.